The van der Waals surface area contributed by atoms with Gasteiger partial charge in [0, 0.05) is 19.5 Å². The van der Waals surface area contributed by atoms with Crippen LogP contribution in [0.25, 0.3) is 0 Å². The number of aryl methyl sites for hydroxylation is 1. The van der Waals surface area contributed by atoms with Crippen LogP contribution in [-0.4, -0.2) is 33.3 Å². The SMILES string of the molecule is O=C1NCCCC[C@@H]1Oc1ccc(OCc2nnc3n2CCCCC3)cc1. The first-order valence-corrected chi connectivity index (χ1v) is 9.88. The molecular formula is C20H26N4O3. The van der Waals surface area contributed by atoms with Crippen LogP contribution in [0.1, 0.15) is 50.2 Å². The van der Waals surface area contributed by atoms with Crippen molar-refractivity contribution in [1.82, 2.24) is 20.1 Å². The van der Waals surface area contributed by atoms with Gasteiger partial charge in [-0.2, -0.15) is 0 Å². The van der Waals surface area contributed by atoms with Crippen molar-refractivity contribution in [3.63, 3.8) is 0 Å². The van der Waals surface area contributed by atoms with E-state index >= 15 is 0 Å². The van der Waals surface area contributed by atoms with Gasteiger partial charge in [-0.05, 0) is 56.4 Å². The molecule has 144 valence electrons. The zero-order valence-electron chi connectivity index (χ0n) is 15.5. The van der Waals surface area contributed by atoms with Crippen LogP contribution in [0.5, 0.6) is 11.5 Å². The monoisotopic (exact) mass is 370 g/mol. The third kappa shape index (κ3) is 4.40. The summed E-state index contributed by atoms with van der Waals surface area (Å²) in [4.78, 5) is 12.0. The molecule has 0 unspecified atom stereocenters. The summed E-state index contributed by atoms with van der Waals surface area (Å²) in [5, 5.41) is 11.5. The topological polar surface area (TPSA) is 78.3 Å². The van der Waals surface area contributed by atoms with Crippen LogP contribution in [0.4, 0.5) is 0 Å². The third-order valence-electron chi connectivity index (χ3n) is 5.14. The standard InChI is InChI=1S/C20H26N4O3/c25-20-17(6-3-4-12-21-20)27-16-10-8-15(9-11-16)26-14-19-23-22-18-7-2-1-5-13-24(18)19/h8-11,17H,1-7,12-14H2,(H,21,25)/t17-/m0/s1. The van der Waals surface area contributed by atoms with Crippen molar-refractivity contribution in [2.24, 2.45) is 0 Å². The Morgan fingerprint density at radius 2 is 1.89 bits per heavy atom. The maximum Gasteiger partial charge on any atom is 0.261 e. The van der Waals surface area contributed by atoms with Crippen LogP contribution >= 0.6 is 0 Å². The highest BCUT2D eigenvalue weighted by Crippen LogP contribution is 2.22. The van der Waals surface area contributed by atoms with E-state index in [-0.39, 0.29) is 5.91 Å². The minimum Gasteiger partial charge on any atom is -0.486 e. The van der Waals surface area contributed by atoms with Crippen LogP contribution in [0.3, 0.4) is 0 Å². The van der Waals surface area contributed by atoms with E-state index in [0.717, 1.165) is 56.2 Å². The molecule has 27 heavy (non-hydrogen) atoms. The van der Waals surface area contributed by atoms with Crippen LogP contribution in [-0.2, 0) is 24.4 Å². The molecule has 0 spiro atoms. The fourth-order valence-corrected chi connectivity index (χ4v) is 3.60. The molecule has 1 aromatic heterocycles. The molecule has 0 saturated carbocycles. The van der Waals surface area contributed by atoms with Gasteiger partial charge in [-0.1, -0.05) is 6.42 Å². The minimum atomic E-state index is -0.411. The highest BCUT2D eigenvalue weighted by molar-refractivity contribution is 5.81. The zero-order valence-corrected chi connectivity index (χ0v) is 15.5. The summed E-state index contributed by atoms with van der Waals surface area (Å²) in [6, 6.07) is 7.42. The largest absolute Gasteiger partial charge is 0.486 e. The Morgan fingerprint density at radius 1 is 1.04 bits per heavy atom. The Balaban J connectivity index is 1.34. The summed E-state index contributed by atoms with van der Waals surface area (Å²) >= 11 is 0. The third-order valence-corrected chi connectivity index (χ3v) is 5.14. The molecule has 1 aromatic carbocycles. The van der Waals surface area contributed by atoms with E-state index in [1.165, 1.54) is 19.3 Å². The first kappa shape index (κ1) is 17.8. The lowest BCUT2D eigenvalue weighted by Gasteiger charge is -2.16. The predicted octanol–water partition coefficient (Wildman–Crippen LogP) is 2.63. The van der Waals surface area contributed by atoms with E-state index in [0.29, 0.717) is 12.4 Å². The van der Waals surface area contributed by atoms with Gasteiger partial charge in [-0.25, -0.2) is 0 Å². The number of carbonyl (C=O) groups excluding carboxylic acids is 1. The van der Waals surface area contributed by atoms with Gasteiger partial charge < -0.3 is 19.4 Å². The number of nitrogens with zero attached hydrogens (tertiary/aromatic N) is 3. The Labute approximate surface area is 159 Å². The number of nitrogens with one attached hydrogen (secondary N) is 1. The van der Waals surface area contributed by atoms with Gasteiger partial charge >= 0.3 is 0 Å². The number of amides is 1. The number of aromatic nitrogens is 3. The molecule has 0 bridgehead atoms. The molecular weight excluding hydrogens is 344 g/mol. The molecule has 7 heteroatoms. The Kier molecular flexibility index (Phi) is 5.55. The van der Waals surface area contributed by atoms with Gasteiger partial charge in [0.15, 0.2) is 11.9 Å². The van der Waals surface area contributed by atoms with Crippen LogP contribution in [0.15, 0.2) is 24.3 Å². The molecule has 1 N–H and O–H groups in total. The molecule has 1 fully saturated rings. The van der Waals surface area contributed by atoms with Crippen molar-refractivity contribution in [1.29, 1.82) is 0 Å². The number of hydrogen-bond donors (Lipinski definition) is 1. The molecule has 3 heterocycles. The van der Waals surface area contributed by atoms with Gasteiger partial charge in [0.05, 0.1) is 0 Å². The lowest BCUT2D eigenvalue weighted by Crippen LogP contribution is -2.36. The quantitative estimate of drug-likeness (QED) is 0.875. The molecule has 2 aliphatic rings. The predicted molar refractivity (Wildman–Crippen MR) is 99.6 cm³/mol. The van der Waals surface area contributed by atoms with E-state index < -0.39 is 6.10 Å². The van der Waals surface area contributed by atoms with E-state index in [2.05, 4.69) is 20.1 Å². The lowest BCUT2D eigenvalue weighted by molar-refractivity contribution is -0.127. The summed E-state index contributed by atoms with van der Waals surface area (Å²) in [5.74, 6) is 3.35. The van der Waals surface area contributed by atoms with Gasteiger partial charge in [0.2, 0.25) is 0 Å². The molecule has 0 radical (unpaired) electrons. The van der Waals surface area contributed by atoms with Crippen molar-refractivity contribution in [3.8, 4) is 11.5 Å². The molecule has 1 atom stereocenters. The summed E-state index contributed by atoms with van der Waals surface area (Å²) in [7, 11) is 0. The van der Waals surface area contributed by atoms with Crippen molar-refractivity contribution in [2.45, 2.75) is 64.2 Å². The zero-order chi connectivity index (χ0) is 18.5. The highest BCUT2D eigenvalue weighted by Gasteiger charge is 2.22. The Bertz CT molecular complexity index is 772. The van der Waals surface area contributed by atoms with Crippen LogP contribution in [0.2, 0.25) is 0 Å². The molecule has 2 aromatic rings. The Morgan fingerprint density at radius 3 is 2.78 bits per heavy atom. The molecule has 0 aliphatic carbocycles. The molecule has 1 saturated heterocycles. The Hall–Kier alpha value is -2.57. The summed E-state index contributed by atoms with van der Waals surface area (Å²) in [6.45, 7) is 2.10. The van der Waals surface area contributed by atoms with Gasteiger partial charge in [-0.15, -0.1) is 10.2 Å². The number of fused-ring (bicyclic) bond motifs is 1. The highest BCUT2D eigenvalue weighted by atomic mass is 16.5. The van der Waals surface area contributed by atoms with Crippen LogP contribution in [0, 0.1) is 0 Å². The van der Waals surface area contributed by atoms with Gasteiger partial charge in [0.25, 0.3) is 5.91 Å². The first-order chi connectivity index (χ1) is 13.3. The van der Waals surface area contributed by atoms with Crippen molar-refractivity contribution < 1.29 is 14.3 Å². The summed E-state index contributed by atoms with van der Waals surface area (Å²) in [5.41, 5.74) is 0. The summed E-state index contributed by atoms with van der Waals surface area (Å²) in [6.07, 6.45) is 6.92. The van der Waals surface area contributed by atoms with Gasteiger partial charge in [-0.3, -0.25) is 4.79 Å². The van der Waals surface area contributed by atoms with Crippen molar-refractivity contribution >= 4 is 5.91 Å². The molecule has 4 rings (SSSR count). The second kappa shape index (κ2) is 8.41. The first-order valence-electron chi connectivity index (χ1n) is 9.88. The number of hydrogen-bond acceptors (Lipinski definition) is 5. The lowest BCUT2D eigenvalue weighted by atomic mass is 10.2. The number of carbonyl (C=O) groups is 1. The van der Waals surface area contributed by atoms with Crippen LogP contribution < -0.4 is 14.8 Å². The van der Waals surface area contributed by atoms with E-state index in [1.807, 2.05) is 24.3 Å². The second-order valence-corrected chi connectivity index (χ2v) is 7.15. The average Bonchev–Trinajstić information content (AvgIpc) is 2.84. The number of rotatable bonds is 5. The maximum absolute atomic E-state index is 12.0. The molecule has 2 aliphatic heterocycles. The summed E-state index contributed by atoms with van der Waals surface area (Å²) < 4.78 is 13.9. The average molecular weight is 370 g/mol. The molecule has 1 amide bonds. The number of benzene rings is 1. The fourth-order valence-electron chi connectivity index (χ4n) is 3.60. The van der Waals surface area contributed by atoms with E-state index in [9.17, 15) is 4.79 Å². The number of ether oxygens (including phenoxy) is 2. The molecule has 7 nitrogen and oxygen atoms in total. The smallest absolute Gasteiger partial charge is 0.261 e. The van der Waals surface area contributed by atoms with Gasteiger partial charge in [0.1, 0.15) is 23.9 Å². The van der Waals surface area contributed by atoms with Crippen molar-refractivity contribution in [3.05, 3.63) is 35.9 Å². The second-order valence-electron chi connectivity index (χ2n) is 7.15. The fraction of sp³-hybridized carbons (Fsp3) is 0.550. The normalized spacial score (nSPS) is 20.1. The van der Waals surface area contributed by atoms with E-state index in [1.54, 1.807) is 0 Å². The van der Waals surface area contributed by atoms with Crippen molar-refractivity contribution in [2.75, 3.05) is 6.54 Å². The van der Waals surface area contributed by atoms with E-state index in [4.69, 9.17) is 9.47 Å². The maximum atomic E-state index is 12.0. The minimum absolute atomic E-state index is 0.0275.